The molecule has 124 valence electrons. The summed E-state index contributed by atoms with van der Waals surface area (Å²) in [5, 5.41) is 6.07. The number of aryl methyl sites for hydroxylation is 2. The molecule has 0 saturated carbocycles. The predicted octanol–water partition coefficient (Wildman–Crippen LogP) is 4.47. The molecule has 2 aromatic heterocycles. The summed E-state index contributed by atoms with van der Waals surface area (Å²) in [5.41, 5.74) is 2.27. The average molecular weight is 357 g/mol. The highest BCUT2D eigenvalue weighted by atomic mass is 32.1. The molecule has 5 heteroatoms. The molecule has 24 heavy (non-hydrogen) atoms. The van der Waals surface area contributed by atoms with Gasteiger partial charge >= 0.3 is 0 Å². The Bertz CT molecular complexity index is 779. The number of hydrogen-bond donors (Lipinski definition) is 1. The molecule has 3 aromatic rings. The van der Waals surface area contributed by atoms with Gasteiger partial charge in [0, 0.05) is 11.4 Å². The fourth-order valence-corrected chi connectivity index (χ4v) is 4.32. The summed E-state index contributed by atoms with van der Waals surface area (Å²) >= 11 is 3.27. The number of hydrogen-bond acceptors (Lipinski definition) is 4. The number of nitrogens with one attached hydrogen (secondary N) is 1. The second-order valence-electron chi connectivity index (χ2n) is 5.60. The molecule has 0 aliphatic heterocycles. The highest BCUT2D eigenvalue weighted by Gasteiger charge is 2.15. The van der Waals surface area contributed by atoms with Crippen LogP contribution in [0, 0.1) is 6.92 Å². The summed E-state index contributed by atoms with van der Waals surface area (Å²) in [4.78, 5) is 19.0. The molecule has 0 aliphatic carbocycles. The van der Waals surface area contributed by atoms with E-state index in [0.29, 0.717) is 13.0 Å². The van der Waals surface area contributed by atoms with Crippen molar-refractivity contribution in [3.63, 3.8) is 0 Å². The minimum Gasteiger partial charge on any atom is -0.356 e. The van der Waals surface area contributed by atoms with Crippen molar-refractivity contribution in [1.82, 2.24) is 10.3 Å². The summed E-state index contributed by atoms with van der Waals surface area (Å²) in [5.74, 6) is 0.0736. The van der Waals surface area contributed by atoms with Crippen LogP contribution in [0.3, 0.4) is 0 Å². The van der Waals surface area contributed by atoms with Crippen molar-refractivity contribution in [2.75, 3.05) is 6.54 Å². The van der Waals surface area contributed by atoms with Crippen LogP contribution in [0.1, 0.15) is 21.9 Å². The van der Waals surface area contributed by atoms with E-state index in [-0.39, 0.29) is 5.91 Å². The van der Waals surface area contributed by atoms with E-state index in [1.807, 2.05) is 36.6 Å². The summed E-state index contributed by atoms with van der Waals surface area (Å²) in [7, 11) is 0. The molecule has 1 aromatic carbocycles. The Morgan fingerprint density at radius 3 is 2.75 bits per heavy atom. The van der Waals surface area contributed by atoms with Crippen molar-refractivity contribution in [2.24, 2.45) is 0 Å². The van der Waals surface area contributed by atoms with Crippen LogP contribution in [-0.4, -0.2) is 17.4 Å². The molecule has 3 nitrogen and oxygen atoms in total. The smallest absolute Gasteiger partial charge is 0.225 e. The lowest BCUT2D eigenvalue weighted by molar-refractivity contribution is -0.120. The predicted molar refractivity (Wildman–Crippen MR) is 102 cm³/mol. The van der Waals surface area contributed by atoms with E-state index in [1.165, 1.54) is 5.56 Å². The lowest BCUT2D eigenvalue weighted by Gasteiger charge is -2.05. The summed E-state index contributed by atoms with van der Waals surface area (Å²) in [6.45, 7) is 2.70. The molecule has 0 bridgehead atoms. The first-order chi connectivity index (χ1) is 11.7. The van der Waals surface area contributed by atoms with Gasteiger partial charge in [-0.05, 0) is 36.8 Å². The number of carbonyl (C=O) groups excluding carboxylic acids is 1. The van der Waals surface area contributed by atoms with Crippen molar-refractivity contribution in [3.05, 3.63) is 63.3 Å². The zero-order valence-electron chi connectivity index (χ0n) is 13.6. The van der Waals surface area contributed by atoms with E-state index in [4.69, 9.17) is 0 Å². The van der Waals surface area contributed by atoms with Crippen LogP contribution in [0.15, 0.2) is 47.8 Å². The molecule has 1 N–H and O–H groups in total. The fourth-order valence-electron chi connectivity index (χ4n) is 2.57. The molecule has 1 amide bonds. The number of amides is 1. The monoisotopic (exact) mass is 356 g/mol. The Labute approximate surface area is 150 Å². The van der Waals surface area contributed by atoms with Crippen molar-refractivity contribution in [1.29, 1.82) is 0 Å². The standard InChI is InChI=1S/C19H20N2OS2/c1-14-21-19(16-10-6-12-23-16)17(24-14)13-18(22)20-11-5-9-15-7-3-2-4-8-15/h2-4,6-8,10,12H,5,9,11,13H2,1H3,(H,20,22). The second kappa shape index (κ2) is 8.22. The number of thiazole rings is 1. The van der Waals surface area contributed by atoms with Gasteiger partial charge in [-0.15, -0.1) is 22.7 Å². The van der Waals surface area contributed by atoms with E-state index >= 15 is 0 Å². The maximum absolute atomic E-state index is 12.2. The van der Waals surface area contributed by atoms with Crippen LogP contribution in [0.4, 0.5) is 0 Å². The molecule has 0 radical (unpaired) electrons. The number of benzene rings is 1. The van der Waals surface area contributed by atoms with Crippen molar-refractivity contribution in [2.45, 2.75) is 26.2 Å². The average Bonchev–Trinajstić information content (AvgIpc) is 3.22. The van der Waals surface area contributed by atoms with Crippen molar-refractivity contribution < 1.29 is 4.79 Å². The van der Waals surface area contributed by atoms with Gasteiger partial charge in [-0.3, -0.25) is 4.79 Å². The molecule has 0 saturated heterocycles. The second-order valence-corrected chi connectivity index (χ2v) is 7.83. The minimum absolute atomic E-state index is 0.0736. The van der Waals surface area contributed by atoms with Gasteiger partial charge in [-0.2, -0.15) is 0 Å². The summed E-state index contributed by atoms with van der Waals surface area (Å²) < 4.78 is 0. The maximum Gasteiger partial charge on any atom is 0.225 e. The van der Waals surface area contributed by atoms with Gasteiger partial charge in [-0.1, -0.05) is 36.4 Å². The minimum atomic E-state index is 0.0736. The number of nitrogens with zero attached hydrogens (tertiary/aromatic N) is 1. The number of carbonyl (C=O) groups is 1. The van der Waals surface area contributed by atoms with Crippen LogP contribution >= 0.6 is 22.7 Å². The van der Waals surface area contributed by atoms with Gasteiger partial charge in [0.15, 0.2) is 0 Å². The first-order valence-corrected chi connectivity index (χ1v) is 9.73. The SMILES string of the molecule is Cc1nc(-c2cccs2)c(CC(=O)NCCCc2ccccc2)s1. The van der Waals surface area contributed by atoms with E-state index in [1.54, 1.807) is 22.7 Å². The Kier molecular flexibility index (Phi) is 5.77. The van der Waals surface area contributed by atoms with Gasteiger partial charge in [0.25, 0.3) is 0 Å². The molecular formula is C19H20N2OS2. The highest BCUT2D eigenvalue weighted by molar-refractivity contribution is 7.15. The Morgan fingerprint density at radius 1 is 1.17 bits per heavy atom. The molecule has 0 aliphatic rings. The number of thiophene rings is 1. The largest absolute Gasteiger partial charge is 0.356 e. The van der Waals surface area contributed by atoms with Crippen LogP contribution in [0.2, 0.25) is 0 Å². The fraction of sp³-hybridized carbons (Fsp3) is 0.263. The van der Waals surface area contributed by atoms with E-state index < -0.39 is 0 Å². The topological polar surface area (TPSA) is 42.0 Å². The van der Waals surface area contributed by atoms with Gasteiger partial charge in [0.1, 0.15) is 0 Å². The first kappa shape index (κ1) is 16.9. The third kappa shape index (κ3) is 4.52. The zero-order valence-corrected chi connectivity index (χ0v) is 15.3. The van der Waals surface area contributed by atoms with Crippen LogP contribution in [-0.2, 0) is 17.6 Å². The molecule has 0 fully saturated rings. The van der Waals surface area contributed by atoms with Crippen molar-refractivity contribution >= 4 is 28.6 Å². The van der Waals surface area contributed by atoms with Gasteiger partial charge in [-0.25, -0.2) is 4.98 Å². The summed E-state index contributed by atoms with van der Waals surface area (Å²) in [6, 6.07) is 14.4. The van der Waals surface area contributed by atoms with E-state index in [2.05, 4.69) is 28.5 Å². The Morgan fingerprint density at radius 2 is 2.00 bits per heavy atom. The van der Waals surface area contributed by atoms with Crippen molar-refractivity contribution in [3.8, 4) is 10.6 Å². The van der Waals surface area contributed by atoms with E-state index in [0.717, 1.165) is 33.3 Å². The molecule has 0 atom stereocenters. The van der Waals surface area contributed by atoms with Gasteiger partial charge in [0.05, 0.1) is 22.0 Å². The lowest BCUT2D eigenvalue weighted by atomic mass is 10.1. The molecule has 2 heterocycles. The molecule has 0 unspecified atom stereocenters. The third-order valence-electron chi connectivity index (χ3n) is 3.69. The van der Waals surface area contributed by atoms with Gasteiger partial charge < -0.3 is 5.32 Å². The van der Waals surface area contributed by atoms with Crippen LogP contribution < -0.4 is 5.32 Å². The van der Waals surface area contributed by atoms with E-state index in [9.17, 15) is 4.79 Å². The first-order valence-electron chi connectivity index (χ1n) is 8.03. The normalized spacial score (nSPS) is 10.7. The van der Waals surface area contributed by atoms with Crippen LogP contribution in [0.5, 0.6) is 0 Å². The third-order valence-corrected chi connectivity index (χ3v) is 5.53. The maximum atomic E-state index is 12.2. The number of rotatable bonds is 7. The zero-order chi connectivity index (χ0) is 16.8. The quantitative estimate of drug-likeness (QED) is 0.635. The lowest BCUT2D eigenvalue weighted by Crippen LogP contribution is -2.26. The summed E-state index contributed by atoms with van der Waals surface area (Å²) in [6.07, 6.45) is 2.35. The molecular weight excluding hydrogens is 336 g/mol. The highest BCUT2D eigenvalue weighted by Crippen LogP contribution is 2.31. The van der Waals surface area contributed by atoms with Crippen LogP contribution in [0.25, 0.3) is 10.6 Å². The molecule has 0 spiro atoms. The number of aromatic nitrogens is 1. The van der Waals surface area contributed by atoms with Gasteiger partial charge in [0.2, 0.25) is 5.91 Å². The Hall–Kier alpha value is -1.98. The Balaban J connectivity index is 1.50. The molecule has 3 rings (SSSR count).